The quantitative estimate of drug-likeness (QED) is 0.0320. The average Bonchev–Trinajstić information content (AvgIpc) is 3.48. The molecule has 0 aromatic rings. The molecule has 0 aliphatic carbocycles. The van der Waals surface area contributed by atoms with E-state index in [1.807, 2.05) is 6.08 Å². The first-order valence-electron chi connectivity index (χ1n) is 37.6. The second kappa shape index (κ2) is 71.8. The molecule has 0 saturated heterocycles. The molecule has 0 aromatic carbocycles. The molecule has 0 radical (unpaired) electrons. The lowest BCUT2D eigenvalue weighted by Crippen LogP contribution is -2.45. The highest BCUT2D eigenvalue weighted by Gasteiger charge is 2.18. The van der Waals surface area contributed by atoms with Gasteiger partial charge in [0.1, 0.15) is 0 Å². The number of unbranched alkanes of at least 4 members (excludes halogenated alkanes) is 58. The maximum absolute atomic E-state index is 12.5. The van der Waals surface area contributed by atoms with E-state index in [1.165, 1.54) is 353 Å². The highest BCUT2D eigenvalue weighted by Crippen LogP contribution is 2.19. The first kappa shape index (κ1) is 80.3. The van der Waals surface area contributed by atoms with E-state index in [4.69, 9.17) is 4.74 Å². The fraction of sp³-hybridized carbons (Fsp3) is 0.921. The zero-order valence-corrected chi connectivity index (χ0v) is 55.8. The summed E-state index contributed by atoms with van der Waals surface area (Å²) < 4.78 is 5.50. The molecule has 0 aromatic heterocycles. The van der Waals surface area contributed by atoms with Crippen LogP contribution in [-0.2, 0) is 14.3 Å². The normalized spacial score (nSPS) is 12.6. The minimum Gasteiger partial charge on any atom is -0.466 e. The number of carbonyl (C=O) groups is 2. The molecular weight excluding hydrogens is 1010 g/mol. The highest BCUT2D eigenvalue weighted by atomic mass is 16.5. The molecule has 486 valence electrons. The van der Waals surface area contributed by atoms with Gasteiger partial charge in [0.2, 0.25) is 5.91 Å². The minimum absolute atomic E-state index is 0.0120. The monoisotopic (exact) mass is 1150 g/mol. The number of amides is 1. The van der Waals surface area contributed by atoms with Gasteiger partial charge < -0.3 is 20.3 Å². The predicted octanol–water partition coefficient (Wildman–Crippen LogP) is 24.5. The maximum atomic E-state index is 12.5. The largest absolute Gasteiger partial charge is 0.466 e. The third-order valence-electron chi connectivity index (χ3n) is 17.7. The van der Waals surface area contributed by atoms with Crippen LogP contribution in [-0.4, -0.2) is 47.4 Å². The van der Waals surface area contributed by atoms with Crippen molar-refractivity contribution >= 4 is 11.9 Å². The Labute approximate surface area is 513 Å². The van der Waals surface area contributed by atoms with Gasteiger partial charge in [0.25, 0.3) is 0 Å². The summed E-state index contributed by atoms with van der Waals surface area (Å²) >= 11 is 0. The zero-order chi connectivity index (χ0) is 59.2. The molecule has 0 aliphatic heterocycles. The fourth-order valence-corrected chi connectivity index (χ4v) is 12.0. The topological polar surface area (TPSA) is 95.9 Å². The van der Waals surface area contributed by atoms with Crippen molar-refractivity contribution in [3.63, 3.8) is 0 Å². The van der Waals surface area contributed by atoms with Gasteiger partial charge in [-0.2, -0.15) is 0 Å². The van der Waals surface area contributed by atoms with Crippen LogP contribution < -0.4 is 5.32 Å². The van der Waals surface area contributed by atoms with Gasteiger partial charge in [-0.3, -0.25) is 9.59 Å². The molecule has 0 aliphatic rings. The Morgan fingerprint density at radius 2 is 0.573 bits per heavy atom. The van der Waals surface area contributed by atoms with E-state index in [0.717, 1.165) is 44.9 Å². The lowest BCUT2D eigenvalue weighted by molar-refractivity contribution is -0.143. The van der Waals surface area contributed by atoms with E-state index < -0.39 is 12.1 Å². The summed E-state index contributed by atoms with van der Waals surface area (Å²) in [5, 5.41) is 23.3. The molecular formula is C76H147NO5. The van der Waals surface area contributed by atoms with Gasteiger partial charge in [-0.1, -0.05) is 378 Å². The standard InChI is InChI=1S/C76H147NO5/c1-3-5-7-9-11-13-15-17-19-21-22-31-34-37-40-44-48-52-56-60-64-68-74(79)73(72-78)77-75(80)69-65-61-57-53-49-45-41-38-35-32-29-27-25-23-24-26-28-30-33-36-39-43-47-51-55-59-63-67-71-82-76(81)70-66-62-58-54-50-46-42-20-18-16-14-12-10-8-6-4-2/h20,42,64,68,73-74,78-79H,3-19,21-41,43-63,65-67,69-72H2,1-2H3,(H,77,80)/b42-20-,68-64+. The van der Waals surface area contributed by atoms with Crippen LogP contribution in [0.25, 0.3) is 0 Å². The van der Waals surface area contributed by atoms with Crippen LogP contribution >= 0.6 is 0 Å². The van der Waals surface area contributed by atoms with Gasteiger partial charge in [-0.05, 0) is 57.8 Å². The Kier molecular flexibility index (Phi) is 70.4. The summed E-state index contributed by atoms with van der Waals surface area (Å²) in [4.78, 5) is 24.6. The van der Waals surface area contributed by atoms with Gasteiger partial charge in [-0.25, -0.2) is 0 Å². The lowest BCUT2D eigenvalue weighted by Gasteiger charge is -2.20. The Balaban J connectivity index is 3.36. The number of carbonyl (C=O) groups excluding carboxylic acids is 2. The van der Waals surface area contributed by atoms with Gasteiger partial charge in [0.05, 0.1) is 25.4 Å². The number of nitrogens with one attached hydrogen (secondary N) is 1. The van der Waals surface area contributed by atoms with Crippen molar-refractivity contribution in [1.82, 2.24) is 5.32 Å². The Hall–Kier alpha value is -1.66. The maximum Gasteiger partial charge on any atom is 0.305 e. The summed E-state index contributed by atoms with van der Waals surface area (Å²) in [5.74, 6) is -0.0484. The summed E-state index contributed by atoms with van der Waals surface area (Å²) in [6.45, 7) is 4.95. The molecule has 0 saturated carbocycles. The van der Waals surface area contributed by atoms with Crippen molar-refractivity contribution in [3.05, 3.63) is 24.3 Å². The van der Waals surface area contributed by atoms with Crippen molar-refractivity contribution in [1.29, 1.82) is 0 Å². The summed E-state index contributed by atoms with van der Waals surface area (Å²) in [6, 6.07) is -0.626. The lowest BCUT2D eigenvalue weighted by atomic mass is 10.0. The Bertz CT molecular complexity index is 1280. The highest BCUT2D eigenvalue weighted by molar-refractivity contribution is 5.76. The van der Waals surface area contributed by atoms with Crippen molar-refractivity contribution < 1.29 is 24.5 Å². The van der Waals surface area contributed by atoms with Gasteiger partial charge in [-0.15, -0.1) is 0 Å². The van der Waals surface area contributed by atoms with Crippen molar-refractivity contribution in [3.8, 4) is 0 Å². The summed E-state index contributed by atoms with van der Waals surface area (Å²) in [6.07, 6.45) is 91.3. The molecule has 0 spiro atoms. The molecule has 6 nitrogen and oxygen atoms in total. The van der Waals surface area contributed by atoms with E-state index in [2.05, 4.69) is 31.3 Å². The third kappa shape index (κ3) is 67.5. The molecule has 82 heavy (non-hydrogen) atoms. The Morgan fingerprint density at radius 1 is 0.329 bits per heavy atom. The van der Waals surface area contributed by atoms with Crippen LogP contribution in [0.4, 0.5) is 0 Å². The molecule has 0 rings (SSSR count). The number of aliphatic hydroxyl groups excluding tert-OH is 2. The van der Waals surface area contributed by atoms with Crippen LogP contribution in [0.3, 0.4) is 0 Å². The van der Waals surface area contributed by atoms with Gasteiger partial charge >= 0.3 is 5.97 Å². The first-order valence-corrected chi connectivity index (χ1v) is 37.6. The zero-order valence-electron chi connectivity index (χ0n) is 55.8. The van der Waals surface area contributed by atoms with Crippen molar-refractivity contribution in [2.24, 2.45) is 0 Å². The van der Waals surface area contributed by atoms with Crippen LogP contribution in [0.1, 0.15) is 425 Å². The molecule has 0 bridgehead atoms. The van der Waals surface area contributed by atoms with E-state index in [1.54, 1.807) is 6.08 Å². The van der Waals surface area contributed by atoms with Gasteiger partial charge in [0, 0.05) is 12.8 Å². The van der Waals surface area contributed by atoms with Gasteiger partial charge in [0.15, 0.2) is 0 Å². The molecule has 2 atom stereocenters. The smallest absolute Gasteiger partial charge is 0.305 e. The van der Waals surface area contributed by atoms with Crippen LogP contribution in [0.15, 0.2) is 24.3 Å². The minimum atomic E-state index is -0.843. The van der Waals surface area contributed by atoms with Crippen LogP contribution in [0.2, 0.25) is 0 Å². The first-order chi connectivity index (χ1) is 40.5. The number of hydrogen-bond donors (Lipinski definition) is 3. The molecule has 3 N–H and O–H groups in total. The van der Waals surface area contributed by atoms with Crippen molar-refractivity contribution in [2.75, 3.05) is 13.2 Å². The number of allylic oxidation sites excluding steroid dienone is 3. The van der Waals surface area contributed by atoms with Crippen LogP contribution in [0.5, 0.6) is 0 Å². The molecule has 6 heteroatoms. The number of hydrogen-bond acceptors (Lipinski definition) is 5. The van der Waals surface area contributed by atoms with E-state index in [0.29, 0.717) is 19.4 Å². The molecule has 0 heterocycles. The van der Waals surface area contributed by atoms with E-state index >= 15 is 0 Å². The fourth-order valence-electron chi connectivity index (χ4n) is 12.0. The number of aliphatic hydroxyl groups is 2. The van der Waals surface area contributed by atoms with Crippen molar-refractivity contribution in [2.45, 2.75) is 437 Å². The Morgan fingerprint density at radius 3 is 0.866 bits per heavy atom. The molecule has 0 fully saturated rings. The molecule has 2 unspecified atom stereocenters. The predicted molar refractivity (Wildman–Crippen MR) is 361 cm³/mol. The average molecular weight is 1160 g/mol. The van der Waals surface area contributed by atoms with E-state index in [-0.39, 0.29) is 18.5 Å². The van der Waals surface area contributed by atoms with Crippen LogP contribution in [0, 0.1) is 0 Å². The second-order valence-corrected chi connectivity index (χ2v) is 26.0. The number of esters is 1. The number of rotatable bonds is 71. The van der Waals surface area contributed by atoms with E-state index in [9.17, 15) is 19.8 Å². The molecule has 1 amide bonds. The SMILES string of the molecule is CCCCCCCCC/C=C\CCCCCCCC(=O)OCCCCCCCCCCCCCCCCCCCCCCCCCCCCCCC(=O)NC(CO)C(O)/C=C/CCCCCCCCCCCCCCCCCCCCC. The number of ether oxygens (including phenoxy) is 1. The third-order valence-corrected chi connectivity index (χ3v) is 17.7. The second-order valence-electron chi connectivity index (χ2n) is 26.0. The summed E-state index contributed by atoms with van der Waals surface area (Å²) in [7, 11) is 0. The summed E-state index contributed by atoms with van der Waals surface area (Å²) in [5.41, 5.74) is 0.